The molecule has 2 unspecified atom stereocenters. The molecule has 7 heteroatoms. The average Bonchev–Trinajstić information content (AvgIpc) is 2.41. The summed E-state index contributed by atoms with van der Waals surface area (Å²) in [6, 6.07) is 6.44. The van der Waals surface area contributed by atoms with Crippen LogP contribution in [0.25, 0.3) is 0 Å². The third-order valence-corrected chi connectivity index (χ3v) is 5.86. The lowest BCUT2D eigenvalue weighted by Crippen LogP contribution is -2.46. The Hall–Kier alpha value is -1.01. The van der Waals surface area contributed by atoms with Crippen LogP contribution in [-0.2, 0) is 14.8 Å². The van der Waals surface area contributed by atoms with Crippen LogP contribution >= 0.6 is 15.9 Å². The zero-order valence-electron chi connectivity index (χ0n) is 11.0. The fourth-order valence-corrected chi connectivity index (χ4v) is 4.31. The highest BCUT2D eigenvalue weighted by Gasteiger charge is 2.37. The highest BCUT2D eigenvalue weighted by molar-refractivity contribution is 9.10. The van der Waals surface area contributed by atoms with Crippen molar-refractivity contribution in [2.75, 3.05) is 6.54 Å². The first-order valence-electron chi connectivity index (χ1n) is 6.31. The summed E-state index contributed by atoms with van der Waals surface area (Å²) in [4.78, 5) is 14.4. The van der Waals surface area contributed by atoms with Gasteiger partial charge in [0.1, 0.15) is 6.17 Å². The minimum Gasteiger partial charge on any atom is -0.211 e. The predicted octanol–water partition coefficient (Wildman–Crippen LogP) is 2.53. The molecule has 2 atom stereocenters. The van der Waals surface area contributed by atoms with Gasteiger partial charge in [-0.15, -0.1) is 0 Å². The monoisotopic (exact) mass is 358 g/mol. The summed E-state index contributed by atoms with van der Waals surface area (Å²) in [6.45, 7) is 2.27. The van der Waals surface area contributed by atoms with Gasteiger partial charge in [-0.05, 0) is 43.0 Å². The quantitative estimate of drug-likeness (QED) is 0.615. The number of nitrogens with zero attached hydrogens (tertiary/aromatic N) is 2. The van der Waals surface area contributed by atoms with E-state index in [1.165, 1.54) is 10.4 Å². The third kappa shape index (κ3) is 3.01. The summed E-state index contributed by atoms with van der Waals surface area (Å²) >= 11 is 3.28. The van der Waals surface area contributed by atoms with Crippen LogP contribution in [0.4, 0.5) is 0 Å². The van der Waals surface area contributed by atoms with Gasteiger partial charge in [-0.25, -0.2) is 13.2 Å². The van der Waals surface area contributed by atoms with Crippen LogP contribution in [0.1, 0.15) is 19.8 Å². The maximum Gasteiger partial charge on any atom is 0.244 e. The summed E-state index contributed by atoms with van der Waals surface area (Å²) in [7, 11) is -3.64. The zero-order valence-corrected chi connectivity index (χ0v) is 13.4. The number of sulfonamides is 1. The Balaban J connectivity index is 2.40. The topological polar surface area (TPSA) is 66.8 Å². The van der Waals surface area contributed by atoms with Crippen molar-refractivity contribution >= 4 is 32.0 Å². The van der Waals surface area contributed by atoms with Crippen LogP contribution in [0, 0.1) is 5.92 Å². The number of hydrogen-bond acceptors (Lipinski definition) is 4. The molecule has 0 bridgehead atoms. The number of carbonyl (C=O) groups excluding carboxylic acids is 1. The Morgan fingerprint density at radius 3 is 2.60 bits per heavy atom. The fourth-order valence-electron chi connectivity index (χ4n) is 2.38. The first-order chi connectivity index (χ1) is 9.46. The molecule has 1 aromatic carbocycles. The predicted molar refractivity (Wildman–Crippen MR) is 78.3 cm³/mol. The van der Waals surface area contributed by atoms with E-state index < -0.39 is 16.2 Å². The lowest BCUT2D eigenvalue weighted by molar-refractivity contribution is 0.194. The Morgan fingerprint density at radius 2 is 2.00 bits per heavy atom. The first-order valence-corrected chi connectivity index (χ1v) is 8.54. The average molecular weight is 359 g/mol. The van der Waals surface area contributed by atoms with E-state index in [9.17, 15) is 13.2 Å². The molecule has 1 heterocycles. The van der Waals surface area contributed by atoms with Crippen LogP contribution in [0.15, 0.2) is 38.6 Å². The van der Waals surface area contributed by atoms with Gasteiger partial charge in [0.25, 0.3) is 0 Å². The van der Waals surface area contributed by atoms with E-state index >= 15 is 0 Å². The highest BCUT2D eigenvalue weighted by Crippen LogP contribution is 2.30. The molecule has 2 rings (SSSR count). The Kier molecular flexibility index (Phi) is 4.75. The first kappa shape index (κ1) is 15.4. The van der Waals surface area contributed by atoms with E-state index in [0.717, 1.165) is 17.3 Å². The molecule has 1 fully saturated rings. The molecule has 1 saturated heterocycles. The van der Waals surface area contributed by atoms with Gasteiger partial charge in [0.05, 0.1) is 4.90 Å². The van der Waals surface area contributed by atoms with Gasteiger partial charge < -0.3 is 0 Å². The number of rotatable bonds is 3. The number of piperidine rings is 1. The lowest BCUT2D eigenvalue weighted by atomic mass is 9.98. The van der Waals surface area contributed by atoms with E-state index in [2.05, 4.69) is 20.9 Å². The van der Waals surface area contributed by atoms with Crippen molar-refractivity contribution < 1.29 is 13.2 Å². The van der Waals surface area contributed by atoms with Gasteiger partial charge in [-0.2, -0.15) is 9.30 Å². The van der Waals surface area contributed by atoms with Crippen LogP contribution in [0.5, 0.6) is 0 Å². The molecule has 5 nitrogen and oxygen atoms in total. The van der Waals surface area contributed by atoms with Crippen molar-refractivity contribution in [3.63, 3.8) is 0 Å². The molecular weight excluding hydrogens is 344 g/mol. The summed E-state index contributed by atoms with van der Waals surface area (Å²) in [5, 5.41) is 0. The zero-order chi connectivity index (χ0) is 14.8. The van der Waals surface area contributed by atoms with Crippen LogP contribution in [0.2, 0.25) is 0 Å². The summed E-state index contributed by atoms with van der Waals surface area (Å²) in [5.74, 6) is 0.00965. The van der Waals surface area contributed by atoms with Crippen molar-refractivity contribution in [1.29, 1.82) is 0 Å². The molecule has 0 aromatic heterocycles. The van der Waals surface area contributed by atoms with Gasteiger partial charge in [0, 0.05) is 11.0 Å². The second kappa shape index (κ2) is 6.18. The summed E-state index contributed by atoms with van der Waals surface area (Å²) in [5.41, 5.74) is 0. The van der Waals surface area contributed by atoms with E-state index in [0.29, 0.717) is 6.54 Å². The van der Waals surface area contributed by atoms with Crippen molar-refractivity contribution in [2.45, 2.75) is 30.8 Å². The molecule has 0 radical (unpaired) electrons. The van der Waals surface area contributed by atoms with Gasteiger partial charge >= 0.3 is 0 Å². The van der Waals surface area contributed by atoms with Crippen molar-refractivity contribution in [3.05, 3.63) is 28.7 Å². The van der Waals surface area contributed by atoms with Gasteiger partial charge in [-0.1, -0.05) is 22.9 Å². The second-order valence-electron chi connectivity index (χ2n) is 4.82. The Bertz CT molecular complexity index is 624. The van der Waals surface area contributed by atoms with Crippen LogP contribution in [0.3, 0.4) is 0 Å². The maximum atomic E-state index is 12.7. The minimum absolute atomic E-state index is 0.00965. The maximum absolute atomic E-state index is 12.7. The molecule has 1 aliphatic rings. The minimum atomic E-state index is -3.64. The van der Waals surface area contributed by atoms with E-state index in [-0.39, 0.29) is 10.8 Å². The third-order valence-electron chi connectivity index (χ3n) is 3.45. The molecule has 0 N–H and O–H groups in total. The van der Waals surface area contributed by atoms with Gasteiger partial charge in [0.2, 0.25) is 16.1 Å². The second-order valence-corrected chi connectivity index (χ2v) is 7.63. The fraction of sp³-hybridized carbons (Fsp3) is 0.462. The van der Waals surface area contributed by atoms with E-state index in [4.69, 9.17) is 0 Å². The SMILES string of the molecule is CC1CCCN(S(=O)(=O)c2ccc(Br)cc2)C1N=C=O. The molecule has 0 amide bonds. The van der Waals surface area contributed by atoms with Crippen molar-refractivity contribution in [1.82, 2.24) is 4.31 Å². The number of aliphatic imine (C=N–C) groups is 1. The number of hydrogen-bond donors (Lipinski definition) is 0. The Labute approximate surface area is 126 Å². The normalized spacial score (nSPS) is 24.1. The highest BCUT2D eigenvalue weighted by atomic mass is 79.9. The van der Waals surface area contributed by atoms with E-state index in [1.807, 2.05) is 6.92 Å². The standard InChI is InChI=1S/C13H15BrN2O3S/c1-10-3-2-8-16(13(10)15-9-17)20(18,19)12-6-4-11(14)5-7-12/h4-7,10,13H,2-3,8H2,1H3. The Morgan fingerprint density at radius 1 is 1.35 bits per heavy atom. The van der Waals surface area contributed by atoms with Gasteiger partial charge in [-0.3, -0.25) is 0 Å². The van der Waals surface area contributed by atoms with Crippen molar-refractivity contribution in [3.8, 4) is 0 Å². The van der Waals surface area contributed by atoms with Gasteiger partial charge in [0.15, 0.2) is 0 Å². The largest absolute Gasteiger partial charge is 0.244 e. The van der Waals surface area contributed by atoms with Crippen molar-refractivity contribution in [2.24, 2.45) is 10.9 Å². The molecule has 20 heavy (non-hydrogen) atoms. The molecule has 0 aliphatic carbocycles. The molecule has 1 aliphatic heterocycles. The summed E-state index contributed by atoms with van der Waals surface area (Å²) in [6.07, 6.45) is 2.45. The number of isocyanates is 1. The smallest absolute Gasteiger partial charge is 0.211 e. The summed E-state index contributed by atoms with van der Waals surface area (Å²) < 4.78 is 27.4. The molecule has 108 valence electrons. The molecule has 0 spiro atoms. The molecule has 0 saturated carbocycles. The van der Waals surface area contributed by atoms with E-state index in [1.54, 1.807) is 24.3 Å². The molecular formula is C13H15BrN2O3S. The lowest BCUT2D eigenvalue weighted by Gasteiger charge is -2.35. The van der Waals surface area contributed by atoms with Crippen LogP contribution < -0.4 is 0 Å². The number of benzene rings is 1. The number of halogens is 1. The van der Waals surface area contributed by atoms with Crippen LogP contribution in [-0.4, -0.2) is 31.5 Å². The molecule has 1 aromatic rings.